The molecule has 0 spiro atoms. The van der Waals surface area contributed by atoms with Crippen LogP contribution >= 0.6 is 0 Å². The number of aliphatic hydroxyl groups excluding tert-OH is 1. The maximum Gasteiger partial charge on any atom is 0.295 e. The Balaban J connectivity index is 1.64. The van der Waals surface area contributed by atoms with Crippen molar-refractivity contribution in [3.63, 3.8) is 0 Å². The van der Waals surface area contributed by atoms with Gasteiger partial charge in [-0.1, -0.05) is 24.8 Å². The second kappa shape index (κ2) is 12.6. The summed E-state index contributed by atoms with van der Waals surface area (Å²) in [6, 6.07) is 13.4. The Bertz CT molecular complexity index is 1120. The molecular weight excluding hydrogens is 472 g/mol. The highest BCUT2D eigenvalue weighted by Crippen LogP contribution is 2.40. The van der Waals surface area contributed by atoms with Gasteiger partial charge in [0, 0.05) is 31.7 Å². The maximum absolute atomic E-state index is 13.3. The summed E-state index contributed by atoms with van der Waals surface area (Å²) < 4.78 is 16.5. The van der Waals surface area contributed by atoms with Gasteiger partial charge in [0.05, 0.1) is 31.4 Å². The number of aliphatic hydroxyl groups is 1. The summed E-state index contributed by atoms with van der Waals surface area (Å²) in [5, 5.41) is 11.3. The van der Waals surface area contributed by atoms with Gasteiger partial charge >= 0.3 is 0 Å². The minimum absolute atomic E-state index is 0.0836. The Hall–Kier alpha value is -3.62. The first kappa shape index (κ1) is 26.4. The number of amides is 1. The zero-order valence-electron chi connectivity index (χ0n) is 21.2. The molecule has 4 rings (SSSR count). The van der Waals surface area contributed by atoms with E-state index in [1.54, 1.807) is 35.2 Å². The Morgan fingerprint density at radius 3 is 2.32 bits per heavy atom. The van der Waals surface area contributed by atoms with Crippen molar-refractivity contribution in [3.05, 3.63) is 77.9 Å². The van der Waals surface area contributed by atoms with Crippen molar-refractivity contribution in [2.24, 2.45) is 0 Å². The molecule has 2 heterocycles. The molecule has 8 heteroatoms. The number of likely N-dealkylation sites (tertiary alicyclic amines) is 1. The van der Waals surface area contributed by atoms with E-state index in [2.05, 4.69) is 11.5 Å². The van der Waals surface area contributed by atoms with Crippen LogP contribution in [0.1, 0.15) is 30.5 Å². The fourth-order valence-corrected chi connectivity index (χ4v) is 4.68. The van der Waals surface area contributed by atoms with Gasteiger partial charge in [0.2, 0.25) is 0 Å². The molecule has 0 aromatic heterocycles. The SMILES string of the molecule is C=CCOc1ccc(/C(O)=C2\C(=O)C(=O)N(CCCN3CCOCC3)[C@H]2c2ccc(OCC)cc2)cc1. The molecule has 0 radical (unpaired) electrons. The normalized spacial score (nSPS) is 19.7. The van der Waals surface area contributed by atoms with Gasteiger partial charge < -0.3 is 24.2 Å². The zero-order chi connectivity index (χ0) is 26.2. The van der Waals surface area contributed by atoms with E-state index >= 15 is 0 Å². The van der Waals surface area contributed by atoms with Gasteiger partial charge in [-0.15, -0.1) is 0 Å². The van der Waals surface area contributed by atoms with Crippen LogP contribution in [-0.4, -0.2) is 79.2 Å². The lowest BCUT2D eigenvalue weighted by Crippen LogP contribution is -2.38. The predicted octanol–water partition coefficient (Wildman–Crippen LogP) is 3.79. The largest absolute Gasteiger partial charge is 0.507 e. The number of ether oxygens (including phenoxy) is 3. The molecule has 0 aliphatic carbocycles. The first-order valence-corrected chi connectivity index (χ1v) is 12.7. The fraction of sp³-hybridized carbons (Fsp3) is 0.379. The number of hydrogen-bond acceptors (Lipinski definition) is 7. The molecule has 0 saturated carbocycles. The minimum atomic E-state index is -0.697. The molecule has 0 unspecified atom stereocenters. The summed E-state index contributed by atoms with van der Waals surface area (Å²) in [6.45, 7) is 10.7. The van der Waals surface area contributed by atoms with Crippen molar-refractivity contribution in [1.82, 2.24) is 9.80 Å². The van der Waals surface area contributed by atoms with Crippen molar-refractivity contribution in [2.45, 2.75) is 19.4 Å². The van der Waals surface area contributed by atoms with Gasteiger partial charge in [0.1, 0.15) is 23.9 Å². The average molecular weight is 507 g/mol. The third kappa shape index (κ3) is 6.21. The van der Waals surface area contributed by atoms with E-state index in [0.717, 1.165) is 25.2 Å². The number of morpholine rings is 1. The fourth-order valence-electron chi connectivity index (χ4n) is 4.68. The third-order valence-electron chi connectivity index (χ3n) is 6.52. The zero-order valence-corrected chi connectivity index (χ0v) is 21.2. The van der Waals surface area contributed by atoms with E-state index in [1.165, 1.54) is 0 Å². The van der Waals surface area contributed by atoms with Crippen molar-refractivity contribution in [2.75, 3.05) is 52.6 Å². The molecule has 2 saturated heterocycles. The smallest absolute Gasteiger partial charge is 0.295 e. The molecular formula is C29H34N2O6. The van der Waals surface area contributed by atoms with Crippen LogP contribution in [0.3, 0.4) is 0 Å². The minimum Gasteiger partial charge on any atom is -0.507 e. The first-order valence-electron chi connectivity index (χ1n) is 12.7. The molecule has 37 heavy (non-hydrogen) atoms. The van der Waals surface area contributed by atoms with Crippen molar-refractivity contribution >= 4 is 17.4 Å². The molecule has 2 aromatic rings. The molecule has 2 aliphatic rings. The van der Waals surface area contributed by atoms with Crippen LogP contribution in [0.4, 0.5) is 0 Å². The highest BCUT2D eigenvalue weighted by atomic mass is 16.5. The van der Waals surface area contributed by atoms with Crippen LogP contribution in [0.15, 0.2) is 66.8 Å². The number of benzene rings is 2. The van der Waals surface area contributed by atoms with Crippen molar-refractivity contribution in [3.8, 4) is 11.5 Å². The summed E-state index contributed by atoms with van der Waals surface area (Å²) in [4.78, 5) is 30.3. The Kier molecular flexibility index (Phi) is 8.98. The number of carbonyl (C=O) groups excluding carboxylic acids is 2. The van der Waals surface area contributed by atoms with Gasteiger partial charge in [-0.3, -0.25) is 14.5 Å². The van der Waals surface area contributed by atoms with E-state index in [0.29, 0.717) is 56.5 Å². The Morgan fingerprint density at radius 2 is 1.68 bits per heavy atom. The van der Waals surface area contributed by atoms with Gasteiger partial charge in [-0.2, -0.15) is 0 Å². The molecule has 1 atom stereocenters. The lowest BCUT2D eigenvalue weighted by Gasteiger charge is -2.29. The van der Waals surface area contributed by atoms with Crippen LogP contribution in [0.25, 0.3) is 5.76 Å². The van der Waals surface area contributed by atoms with Crippen molar-refractivity contribution < 1.29 is 28.9 Å². The number of ketones is 1. The number of carbonyl (C=O) groups is 2. The van der Waals surface area contributed by atoms with Gasteiger partial charge in [0.15, 0.2) is 0 Å². The Morgan fingerprint density at radius 1 is 1.03 bits per heavy atom. The highest BCUT2D eigenvalue weighted by Gasteiger charge is 2.45. The summed E-state index contributed by atoms with van der Waals surface area (Å²) in [5.74, 6) is -0.181. The average Bonchev–Trinajstić information content (AvgIpc) is 3.18. The number of nitrogens with zero attached hydrogens (tertiary/aromatic N) is 2. The van der Waals surface area contributed by atoms with Crippen LogP contribution < -0.4 is 9.47 Å². The topological polar surface area (TPSA) is 88.5 Å². The summed E-state index contributed by atoms with van der Waals surface area (Å²) in [7, 11) is 0. The predicted molar refractivity (Wildman–Crippen MR) is 141 cm³/mol. The van der Waals surface area contributed by atoms with E-state index in [1.807, 2.05) is 31.2 Å². The lowest BCUT2D eigenvalue weighted by molar-refractivity contribution is -0.140. The van der Waals surface area contributed by atoms with Gasteiger partial charge in [-0.25, -0.2) is 0 Å². The van der Waals surface area contributed by atoms with Gasteiger partial charge in [0.25, 0.3) is 11.7 Å². The molecule has 2 fully saturated rings. The molecule has 0 bridgehead atoms. The number of Topliss-reactive ketones (excluding diaryl/α,β-unsaturated/α-hetero) is 1. The summed E-state index contributed by atoms with van der Waals surface area (Å²) in [5.41, 5.74) is 1.26. The third-order valence-corrected chi connectivity index (χ3v) is 6.52. The molecule has 196 valence electrons. The van der Waals surface area contributed by atoms with Gasteiger partial charge in [-0.05, 0) is 55.3 Å². The van der Waals surface area contributed by atoms with Crippen molar-refractivity contribution in [1.29, 1.82) is 0 Å². The second-order valence-electron chi connectivity index (χ2n) is 8.93. The maximum atomic E-state index is 13.3. The summed E-state index contributed by atoms with van der Waals surface area (Å²) in [6.07, 6.45) is 2.35. The van der Waals surface area contributed by atoms with E-state index in [-0.39, 0.29) is 11.3 Å². The first-order chi connectivity index (χ1) is 18.0. The molecule has 8 nitrogen and oxygen atoms in total. The molecule has 2 aliphatic heterocycles. The quantitative estimate of drug-likeness (QED) is 0.215. The van der Waals surface area contributed by atoms with E-state index in [4.69, 9.17) is 14.2 Å². The van der Waals surface area contributed by atoms with E-state index < -0.39 is 17.7 Å². The van der Waals surface area contributed by atoms with Crippen LogP contribution in [0.5, 0.6) is 11.5 Å². The standard InChI is InChI=1S/C29H34N2O6/c1-3-18-37-24-12-8-22(9-13-24)27(32)25-26(21-6-10-23(11-7-21)36-4-2)31(29(34)28(25)33)15-5-14-30-16-19-35-20-17-30/h3,6-13,26,32H,1,4-5,14-20H2,2H3/b27-25+/t26-/m0/s1. The molecule has 1 amide bonds. The number of hydrogen-bond donors (Lipinski definition) is 1. The van der Waals surface area contributed by atoms with Crippen LogP contribution in [0.2, 0.25) is 0 Å². The van der Waals surface area contributed by atoms with E-state index in [9.17, 15) is 14.7 Å². The molecule has 2 aromatic carbocycles. The highest BCUT2D eigenvalue weighted by molar-refractivity contribution is 6.46. The number of rotatable bonds is 11. The lowest BCUT2D eigenvalue weighted by atomic mass is 9.95. The molecule has 1 N–H and O–H groups in total. The Labute approximate surface area is 217 Å². The summed E-state index contributed by atoms with van der Waals surface area (Å²) >= 11 is 0. The van der Waals surface area contributed by atoms with Crippen LogP contribution in [0, 0.1) is 0 Å². The monoisotopic (exact) mass is 506 g/mol. The van der Waals surface area contributed by atoms with Crippen LogP contribution in [-0.2, 0) is 14.3 Å². The second-order valence-corrected chi connectivity index (χ2v) is 8.93.